The first kappa shape index (κ1) is 69.3. The molecule has 472 valence electrons. The number of carbonyl (C=O) groups excluding carboxylic acids is 3. The van der Waals surface area contributed by atoms with Crippen molar-refractivity contribution in [1.82, 2.24) is 16.1 Å². The standard InChI is InChI=1S/C56H76BrN3O21S4/c1-25(2)58-31-24-74-36(22-35(31)69-7)79-49-44(64)41(27(4)76-54(49)78-34-17-15-13-14-16-19-56(68)23-33(62)42(59-55(67)73-11)39(34)30(56)18-20-83-85-82-12)60-81-37-21-32(61)51(29(6)75-37)84-52(66)38-26(3)40(57)47(50(72-10)46(38)70-8)80-53-45(65)48(71-9)43(63)28(5)77-53/h13-14,18,25,27-29,31-32,34-37,41,43-45,48-49,51,53-54,58,60-61,63-65,68H,20-24H2,1-12H3,(H,59,67)/b14-13-,30-18-/t27-,28+,29-,31+,32+,34+,35+,36+,37+,41?,43+,44+,45-,48-,49-,51-,53+,54+,56+/m1/s1. The predicted octanol–water partition coefficient (Wildman–Crippen LogP) is 3.74. The highest BCUT2D eigenvalue weighted by atomic mass is 79.9. The molecule has 7 rings (SSSR count). The fourth-order valence-electron chi connectivity index (χ4n) is 10.6. The van der Waals surface area contributed by atoms with E-state index in [2.05, 4.69) is 55.7 Å². The first-order valence-corrected chi connectivity index (χ1v) is 33.0. The quantitative estimate of drug-likeness (QED) is 0.0355. The lowest BCUT2D eigenvalue weighted by atomic mass is 9.75. The Labute approximate surface area is 518 Å². The Kier molecular flexibility index (Phi) is 25.7. The highest BCUT2D eigenvalue weighted by Gasteiger charge is 2.52. The van der Waals surface area contributed by atoms with E-state index in [1.54, 1.807) is 40.9 Å². The molecule has 4 fully saturated rings. The van der Waals surface area contributed by atoms with Gasteiger partial charge in [0.2, 0.25) is 17.2 Å². The fourth-order valence-corrected chi connectivity index (χ4v) is 14.6. The van der Waals surface area contributed by atoms with E-state index in [0.717, 1.165) is 18.9 Å². The average molecular weight is 1340 g/mol. The molecular formula is C56H76BrN3O21S4. The van der Waals surface area contributed by atoms with Crippen molar-refractivity contribution in [2.24, 2.45) is 0 Å². The SMILES string of the molecule is COC(=O)NC1=C2/C(=C/CSSSC)[C@](O)(C#C/C=C\C#C[C@@H]2O[C@@H]2O[C@H](C)C(NO[C@H]3C[C@H](O)[C@H](SC(=O)c4c(C)c(Br)c(O[C@@H]5O[C@@H](C)[C@H](O)[C@@H](OC)[C@H]5O)c(OC)c4OC)[C@@H](C)O3)[C@H](O)[C@H]2O[C@H]2C[C@H](OC)[C@@H](NC(C)C)CO2)CC1=O. The van der Waals surface area contributed by atoms with Crippen LogP contribution in [-0.2, 0) is 52.3 Å². The van der Waals surface area contributed by atoms with Gasteiger partial charge in [0.25, 0.3) is 0 Å². The third-order valence-electron chi connectivity index (χ3n) is 14.8. The van der Waals surface area contributed by atoms with Crippen LogP contribution < -0.4 is 30.3 Å². The molecule has 4 saturated heterocycles. The first-order chi connectivity index (χ1) is 40.5. The third kappa shape index (κ3) is 16.2. The van der Waals surface area contributed by atoms with Crippen molar-refractivity contribution in [3.63, 3.8) is 0 Å². The number of ketones is 1. The summed E-state index contributed by atoms with van der Waals surface area (Å²) in [4.78, 5) is 47.6. The Hall–Kier alpha value is -3.19. The summed E-state index contributed by atoms with van der Waals surface area (Å²) in [7, 11) is 11.2. The maximum Gasteiger partial charge on any atom is 0.411 e. The number of alkyl carbamates (subject to hydrolysis) is 1. The summed E-state index contributed by atoms with van der Waals surface area (Å²) in [5.41, 5.74) is 1.18. The molecule has 1 amide bonds. The molecule has 1 unspecified atom stereocenters. The summed E-state index contributed by atoms with van der Waals surface area (Å²) in [6, 6.07) is -1.20. The molecule has 4 aliphatic heterocycles. The zero-order valence-electron chi connectivity index (χ0n) is 49.0. The van der Waals surface area contributed by atoms with Crippen molar-refractivity contribution in [1.29, 1.82) is 0 Å². The van der Waals surface area contributed by atoms with Crippen LogP contribution in [0, 0.1) is 30.6 Å². The number of allylic oxidation sites excluding steroid dienone is 3. The molecule has 19 atom stereocenters. The number of methoxy groups -OCH3 is 5. The molecule has 29 heteroatoms. The molecule has 1 aromatic rings. The van der Waals surface area contributed by atoms with Gasteiger partial charge < -0.3 is 87.7 Å². The van der Waals surface area contributed by atoms with Gasteiger partial charge in [-0.15, -0.1) is 0 Å². The number of hydrogen-bond donors (Lipinski definition) is 8. The lowest BCUT2D eigenvalue weighted by Gasteiger charge is -2.47. The van der Waals surface area contributed by atoms with Gasteiger partial charge in [-0.3, -0.25) is 19.7 Å². The monoisotopic (exact) mass is 1330 g/mol. The van der Waals surface area contributed by atoms with Crippen LogP contribution in [0.3, 0.4) is 0 Å². The smallest absolute Gasteiger partial charge is 0.411 e. The van der Waals surface area contributed by atoms with Crippen molar-refractivity contribution in [3.05, 3.63) is 50.7 Å². The largest absolute Gasteiger partial charge is 0.492 e. The summed E-state index contributed by atoms with van der Waals surface area (Å²) in [6.45, 7) is 10.7. The van der Waals surface area contributed by atoms with E-state index < -0.39 is 127 Å². The highest BCUT2D eigenvalue weighted by molar-refractivity contribution is 9.10. The molecule has 24 nitrogen and oxygen atoms in total. The van der Waals surface area contributed by atoms with E-state index in [0.29, 0.717) is 11.3 Å². The minimum atomic E-state index is -2.06. The normalized spacial score (nSPS) is 35.7. The van der Waals surface area contributed by atoms with Crippen LogP contribution in [0.2, 0.25) is 0 Å². The van der Waals surface area contributed by atoms with E-state index in [-0.39, 0.29) is 81.8 Å². The zero-order valence-corrected chi connectivity index (χ0v) is 53.9. The van der Waals surface area contributed by atoms with Crippen LogP contribution in [0.25, 0.3) is 0 Å². The van der Waals surface area contributed by atoms with Gasteiger partial charge in [-0.05, 0) is 77.4 Å². The average Bonchev–Trinajstić information content (AvgIpc) is 1.96. The minimum Gasteiger partial charge on any atom is -0.492 e. The van der Waals surface area contributed by atoms with Gasteiger partial charge in [0.05, 0.1) is 97.9 Å². The minimum absolute atomic E-state index is 0.00108. The zero-order chi connectivity index (χ0) is 62.0. The number of amides is 1. The molecule has 2 aliphatic carbocycles. The number of thioether (sulfide) groups is 1. The number of hydrogen-bond acceptors (Lipinski definition) is 27. The molecule has 0 spiro atoms. The molecule has 0 radical (unpaired) electrons. The van der Waals surface area contributed by atoms with Gasteiger partial charge >= 0.3 is 6.09 Å². The topological polar surface area (TPSA) is 308 Å². The van der Waals surface area contributed by atoms with Crippen molar-refractivity contribution < 1.29 is 102 Å². The van der Waals surface area contributed by atoms with Crippen LogP contribution in [0.5, 0.6) is 17.2 Å². The van der Waals surface area contributed by atoms with Crippen molar-refractivity contribution >= 4 is 76.1 Å². The van der Waals surface area contributed by atoms with E-state index in [9.17, 15) is 39.9 Å². The third-order valence-corrected chi connectivity index (χ3v) is 20.9. The summed E-state index contributed by atoms with van der Waals surface area (Å²) in [6.07, 6.45) is -12.1. The molecule has 1 aromatic carbocycles. The molecule has 2 bridgehead atoms. The Morgan fingerprint density at radius 2 is 1.60 bits per heavy atom. The van der Waals surface area contributed by atoms with Gasteiger partial charge in [-0.1, -0.05) is 77.0 Å². The number of rotatable bonds is 22. The molecule has 4 heterocycles. The molecule has 85 heavy (non-hydrogen) atoms. The molecule has 0 aromatic heterocycles. The predicted molar refractivity (Wildman–Crippen MR) is 319 cm³/mol. The number of fused-ring (bicyclic) bond motifs is 2. The number of aliphatic hydroxyl groups excluding tert-OH is 4. The summed E-state index contributed by atoms with van der Waals surface area (Å²) in [5.74, 6) is 11.2. The molecule has 6 aliphatic rings. The summed E-state index contributed by atoms with van der Waals surface area (Å²) < 4.78 is 72.4. The Morgan fingerprint density at radius 3 is 2.26 bits per heavy atom. The van der Waals surface area contributed by atoms with E-state index in [4.69, 9.17) is 61.7 Å². The number of aliphatic hydroxyl groups is 5. The van der Waals surface area contributed by atoms with E-state index in [1.807, 2.05) is 20.1 Å². The van der Waals surface area contributed by atoms with E-state index >= 15 is 0 Å². The van der Waals surface area contributed by atoms with Crippen molar-refractivity contribution in [3.8, 4) is 40.9 Å². The fraction of sp³-hybridized carbons (Fsp3) is 0.661. The van der Waals surface area contributed by atoms with Gasteiger partial charge in [0.15, 0.2) is 41.8 Å². The number of carbonyl (C=O) groups is 3. The second-order valence-corrected chi connectivity index (χ2v) is 27.2. The Bertz CT molecular complexity index is 2750. The Morgan fingerprint density at radius 1 is 0.882 bits per heavy atom. The number of nitrogens with one attached hydrogen (secondary N) is 3. The van der Waals surface area contributed by atoms with Crippen molar-refractivity contribution in [2.75, 3.05) is 54.2 Å². The second kappa shape index (κ2) is 31.5. The summed E-state index contributed by atoms with van der Waals surface area (Å²) >= 11 is 4.36. The lowest BCUT2D eigenvalue weighted by Crippen LogP contribution is -2.65. The van der Waals surface area contributed by atoms with Crippen LogP contribution in [0.1, 0.15) is 69.8 Å². The molecular weight excluding hydrogens is 1260 g/mol. The number of ether oxygens (including phenoxy) is 12. The van der Waals surface area contributed by atoms with Crippen LogP contribution in [0.4, 0.5) is 4.79 Å². The van der Waals surface area contributed by atoms with Gasteiger partial charge in [-0.2, -0.15) is 5.48 Å². The number of hydroxylamine groups is 1. The number of halogens is 1. The summed E-state index contributed by atoms with van der Waals surface area (Å²) in [5, 5.41) is 62.8. The lowest BCUT2D eigenvalue weighted by molar-refractivity contribution is -0.336. The van der Waals surface area contributed by atoms with Crippen molar-refractivity contribution in [2.45, 2.75) is 182 Å². The van der Waals surface area contributed by atoms with Crippen LogP contribution in [-0.4, -0.2) is 218 Å². The van der Waals surface area contributed by atoms with Gasteiger partial charge in [-0.25, -0.2) is 4.79 Å². The second-order valence-electron chi connectivity index (χ2n) is 20.8. The number of Topliss-reactive ketones (excluding diaryl/α,β-unsaturated/α-hetero) is 1. The molecule has 0 saturated carbocycles. The van der Waals surface area contributed by atoms with Gasteiger partial charge in [0, 0.05) is 50.0 Å². The molecule has 8 N–H and O–H groups in total. The maximum absolute atomic E-state index is 14.4. The van der Waals surface area contributed by atoms with Crippen LogP contribution in [0.15, 0.2) is 39.5 Å². The van der Waals surface area contributed by atoms with Crippen LogP contribution >= 0.6 is 59.1 Å². The Balaban J connectivity index is 1.12. The van der Waals surface area contributed by atoms with Gasteiger partial charge in [0.1, 0.15) is 36.6 Å². The number of benzene rings is 1. The maximum atomic E-state index is 14.4. The first-order valence-electron chi connectivity index (χ1n) is 27.3. The highest BCUT2D eigenvalue weighted by Crippen LogP contribution is 2.51. The van der Waals surface area contributed by atoms with E-state index in [1.165, 1.54) is 64.9 Å².